The first-order valence-corrected chi connectivity index (χ1v) is 7.77. The van der Waals surface area contributed by atoms with Gasteiger partial charge in [0.15, 0.2) is 0 Å². The van der Waals surface area contributed by atoms with Crippen molar-refractivity contribution in [3.8, 4) is 0 Å². The molecule has 0 aliphatic heterocycles. The van der Waals surface area contributed by atoms with E-state index in [4.69, 9.17) is 10.8 Å². The number of amides is 2. The van der Waals surface area contributed by atoms with Crippen LogP contribution in [0.2, 0.25) is 0 Å². The molecule has 0 saturated heterocycles. The van der Waals surface area contributed by atoms with E-state index in [2.05, 4.69) is 16.7 Å². The fourth-order valence-electron chi connectivity index (χ4n) is 3.50. The highest BCUT2D eigenvalue weighted by Gasteiger charge is 2.26. The van der Waals surface area contributed by atoms with Crippen LogP contribution in [0.25, 0.3) is 0 Å². The number of anilines is 1. The van der Waals surface area contributed by atoms with Crippen molar-refractivity contribution >= 4 is 17.7 Å². The number of urea groups is 1. The Hall–Kier alpha value is -2.08. The lowest BCUT2D eigenvalue weighted by atomic mass is 9.99. The Morgan fingerprint density at radius 3 is 2.23 bits per heavy atom. The number of fused-ring (bicyclic) bond motifs is 2. The first-order chi connectivity index (χ1) is 10.6. The van der Waals surface area contributed by atoms with Crippen molar-refractivity contribution in [3.05, 3.63) is 28.3 Å². The standard InChI is InChI=1S/C16H21N3O3/c17-8-13(15(20)21)18-16(22)19-14-11-5-1-3-9(11)7-10-4-2-6-12(10)14/h7,13H,1-6,8,17H2,(H,20,21)(H2,18,19,22). The van der Waals surface area contributed by atoms with Gasteiger partial charge >= 0.3 is 12.0 Å². The number of aryl methyl sites for hydroxylation is 2. The van der Waals surface area contributed by atoms with Crippen LogP contribution < -0.4 is 16.4 Å². The van der Waals surface area contributed by atoms with Crippen molar-refractivity contribution in [3.63, 3.8) is 0 Å². The lowest BCUT2D eigenvalue weighted by Crippen LogP contribution is -2.47. The van der Waals surface area contributed by atoms with Gasteiger partial charge in [-0.3, -0.25) is 0 Å². The second-order valence-corrected chi connectivity index (χ2v) is 5.96. The molecule has 2 amide bonds. The van der Waals surface area contributed by atoms with E-state index in [-0.39, 0.29) is 6.54 Å². The van der Waals surface area contributed by atoms with E-state index in [1.54, 1.807) is 0 Å². The van der Waals surface area contributed by atoms with Gasteiger partial charge in [0, 0.05) is 12.2 Å². The Morgan fingerprint density at radius 1 is 1.14 bits per heavy atom. The van der Waals surface area contributed by atoms with Crippen LogP contribution in [0.3, 0.4) is 0 Å². The topological polar surface area (TPSA) is 104 Å². The molecule has 0 heterocycles. The molecule has 2 aliphatic rings. The molecule has 0 saturated carbocycles. The molecule has 118 valence electrons. The Balaban J connectivity index is 1.83. The summed E-state index contributed by atoms with van der Waals surface area (Å²) in [4.78, 5) is 23.1. The van der Waals surface area contributed by atoms with Crippen LogP contribution in [0, 0.1) is 0 Å². The Morgan fingerprint density at radius 2 is 1.73 bits per heavy atom. The van der Waals surface area contributed by atoms with Crippen LogP contribution in [0.5, 0.6) is 0 Å². The highest BCUT2D eigenvalue weighted by Crippen LogP contribution is 2.38. The molecule has 1 unspecified atom stereocenters. The molecule has 6 nitrogen and oxygen atoms in total. The van der Waals surface area contributed by atoms with Crippen LogP contribution >= 0.6 is 0 Å². The number of nitrogens with two attached hydrogens (primary N) is 1. The number of hydrogen-bond donors (Lipinski definition) is 4. The van der Waals surface area contributed by atoms with Crippen LogP contribution in [-0.2, 0) is 30.5 Å². The van der Waals surface area contributed by atoms with Crippen molar-refractivity contribution in [2.75, 3.05) is 11.9 Å². The summed E-state index contributed by atoms with van der Waals surface area (Å²) in [5, 5.41) is 14.3. The Kier molecular flexibility index (Phi) is 4.02. The average Bonchev–Trinajstić information content (AvgIpc) is 3.12. The summed E-state index contributed by atoms with van der Waals surface area (Å²) in [7, 11) is 0. The molecule has 6 heteroatoms. The molecule has 2 aliphatic carbocycles. The fourth-order valence-corrected chi connectivity index (χ4v) is 3.50. The molecule has 0 bridgehead atoms. The minimum Gasteiger partial charge on any atom is -0.480 e. The second-order valence-electron chi connectivity index (χ2n) is 5.96. The van der Waals surface area contributed by atoms with E-state index in [1.165, 1.54) is 22.3 Å². The minimum atomic E-state index is -1.12. The van der Waals surface area contributed by atoms with Gasteiger partial charge < -0.3 is 21.5 Å². The largest absolute Gasteiger partial charge is 0.480 e. The monoisotopic (exact) mass is 303 g/mol. The summed E-state index contributed by atoms with van der Waals surface area (Å²) in [6.45, 7) is -0.131. The van der Waals surface area contributed by atoms with Crippen LogP contribution in [0.1, 0.15) is 35.1 Å². The highest BCUT2D eigenvalue weighted by atomic mass is 16.4. The fraction of sp³-hybridized carbons (Fsp3) is 0.500. The Labute approximate surface area is 129 Å². The maximum absolute atomic E-state index is 12.1. The van der Waals surface area contributed by atoms with E-state index in [0.717, 1.165) is 44.2 Å². The van der Waals surface area contributed by atoms with Crippen molar-refractivity contribution in [1.82, 2.24) is 5.32 Å². The lowest BCUT2D eigenvalue weighted by molar-refractivity contribution is -0.138. The van der Waals surface area contributed by atoms with E-state index in [0.29, 0.717) is 0 Å². The van der Waals surface area contributed by atoms with Crippen molar-refractivity contribution in [1.29, 1.82) is 0 Å². The van der Waals surface area contributed by atoms with Gasteiger partial charge in [-0.1, -0.05) is 6.07 Å². The average molecular weight is 303 g/mol. The normalized spacial score (nSPS) is 16.8. The predicted octanol–water partition coefficient (Wildman–Crippen LogP) is 1.20. The molecular formula is C16H21N3O3. The molecule has 1 atom stereocenters. The SMILES string of the molecule is NCC(NC(=O)Nc1c2c(cc3c1CCC3)CCC2)C(=O)O. The van der Waals surface area contributed by atoms with E-state index in [1.807, 2.05) is 0 Å². The molecular weight excluding hydrogens is 282 g/mol. The molecule has 5 N–H and O–H groups in total. The number of carbonyl (C=O) groups excluding carboxylic acids is 1. The molecule has 3 rings (SSSR count). The van der Waals surface area contributed by atoms with Gasteiger partial charge in [-0.15, -0.1) is 0 Å². The number of aliphatic carboxylic acids is 1. The molecule has 0 aromatic heterocycles. The third-order valence-electron chi connectivity index (χ3n) is 4.55. The van der Waals surface area contributed by atoms with Crippen LogP contribution in [0.4, 0.5) is 10.5 Å². The van der Waals surface area contributed by atoms with E-state index < -0.39 is 18.0 Å². The maximum Gasteiger partial charge on any atom is 0.327 e. The molecule has 1 aromatic carbocycles. The van der Waals surface area contributed by atoms with Crippen molar-refractivity contribution in [2.24, 2.45) is 5.73 Å². The zero-order valence-corrected chi connectivity index (χ0v) is 12.4. The van der Waals surface area contributed by atoms with Crippen molar-refractivity contribution < 1.29 is 14.7 Å². The van der Waals surface area contributed by atoms with Gasteiger partial charge in [0.2, 0.25) is 0 Å². The lowest BCUT2D eigenvalue weighted by Gasteiger charge is -2.18. The maximum atomic E-state index is 12.1. The van der Waals surface area contributed by atoms with Gasteiger partial charge in [-0.05, 0) is 60.8 Å². The number of nitrogens with one attached hydrogen (secondary N) is 2. The van der Waals surface area contributed by atoms with Gasteiger partial charge in [-0.25, -0.2) is 9.59 Å². The zero-order chi connectivity index (χ0) is 15.7. The molecule has 0 spiro atoms. The van der Waals surface area contributed by atoms with Crippen LogP contribution in [0.15, 0.2) is 6.07 Å². The second kappa shape index (κ2) is 5.96. The summed E-state index contributed by atoms with van der Waals surface area (Å²) in [5.41, 5.74) is 11.4. The van der Waals surface area contributed by atoms with Crippen molar-refractivity contribution in [2.45, 2.75) is 44.6 Å². The zero-order valence-electron chi connectivity index (χ0n) is 12.4. The first-order valence-electron chi connectivity index (χ1n) is 7.77. The summed E-state index contributed by atoms with van der Waals surface area (Å²) in [6.07, 6.45) is 6.26. The number of rotatable bonds is 4. The summed E-state index contributed by atoms with van der Waals surface area (Å²) >= 11 is 0. The smallest absolute Gasteiger partial charge is 0.327 e. The number of carbonyl (C=O) groups is 2. The third-order valence-corrected chi connectivity index (χ3v) is 4.55. The summed E-state index contributed by atoms with van der Waals surface area (Å²) in [6, 6.07) is 0.727. The van der Waals surface area contributed by atoms with Gasteiger partial charge in [0.1, 0.15) is 6.04 Å². The highest BCUT2D eigenvalue weighted by molar-refractivity contribution is 5.94. The van der Waals surface area contributed by atoms with Crippen LogP contribution in [-0.4, -0.2) is 29.7 Å². The number of carboxylic acid groups (broad SMARTS) is 1. The minimum absolute atomic E-state index is 0.131. The predicted molar refractivity (Wildman–Crippen MR) is 83.1 cm³/mol. The van der Waals surface area contributed by atoms with E-state index >= 15 is 0 Å². The third kappa shape index (κ3) is 2.66. The Bertz CT molecular complexity index is 595. The molecule has 1 aromatic rings. The number of carboxylic acids is 1. The first kappa shape index (κ1) is 14.8. The number of hydrogen-bond acceptors (Lipinski definition) is 3. The van der Waals surface area contributed by atoms with Gasteiger partial charge in [0.05, 0.1) is 0 Å². The van der Waals surface area contributed by atoms with Gasteiger partial charge in [-0.2, -0.15) is 0 Å². The summed E-state index contributed by atoms with van der Waals surface area (Å²) in [5.74, 6) is -1.12. The quantitative estimate of drug-likeness (QED) is 0.670. The van der Waals surface area contributed by atoms with E-state index in [9.17, 15) is 9.59 Å². The molecule has 0 radical (unpaired) electrons. The van der Waals surface area contributed by atoms with Gasteiger partial charge in [0.25, 0.3) is 0 Å². The summed E-state index contributed by atoms with van der Waals surface area (Å²) < 4.78 is 0. The number of benzene rings is 1. The molecule has 22 heavy (non-hydrogen) atoms. The molecule has 0 fully saturated rings.